The molecule has 8 nitrogen and oxygen atoms in total. The number of rotatable bonds is 9. The summed E-state index contributed by atoms with van der Waals surface area (Å²) in [6.07, 6.45) is 7.11. The molecule has 3 heterocycles. The number of urea groups is 1. The summed E-state index contributed by atoms with van der Waals surface area (Å²) >= 11 is 1.92. The van der Waals surface area contributed by atoms with Gasteiger partial charge in [-0.1, -0.05) is 23.8 Å². The van der Waals surface area contributed by atoms with Crippen molar-refractivity contribution in [3.05, 3.63) is 29.8 Å². The third-order valence-electron chi connectivity index (χ3n) is 6.13. The smallest absolute Gasteiger partial charge is 0.315 e. The molecule has 0 aromatic heterocycles. The lowest BCUT2D eigenvalue weighted by atomic mass is 10.0. The molecule has 3 N–H and O–H groups in total. The second kappa shape index (κ2) is 10.8. The Morgan fingerprint density at radius 3 is 2.74 bits per heavy atom. The number of hydrogen-bond acceptors (Lipinski definition) is 5. The van der Waals surface area contributed by atoms with Crippen molar-refractivity contribution in [3.63, 3.8) is 0 Å². The van der Waals surface area contributed by atoms with Crippen LogP contribution in [0.15, 0.2) is 34.6 Å². The van der Waals surface area contributed by atoms with Crippen molar-refractivity contribution in [2.24, 2.45) is 10.3 Å². The molecule has 3 aliphatic rings. The standard InChI is InChI=1S/C22H32N6O2S/c29-20(7-3-2-6-19-21-18(15-31-19)24-22(30)25-21)23-14-16-8-10-17(11-9-16)26-27-28-12-4-1-5-13-28/h8-11,18-19,21H,1-7,12-15H2,(H,23,29)(H2,24,25,30)/t18-,19-,21-/m0/s1. The van der Waals surface area contributed by atoms with Gasteiger partial charge in [-0.2, -0.15) is 11.8 Å². The molecular formula is C22H32N6O2S. The number of thioether (sulfide) groups is 1. The van der Waals surface area contributed by atoms with Crippen LogP contribution in [0.25, 0.3) is 0 Å². The minimum Gasteiger partial charge on any atom is -0.352 e. The minimum atomic E-state index is -0.0437. The molecule has 3 saturated heterocycles. The van der Waals surface area contributed by atoms with Crippen molar-refractivity contribution in [1.29, 1.82) is 0 Å². The zero-order chi connectivity index (χ0) is 21.5. The third-order valence-corrected chi connectivity index (χ3v) is 7.63. The number of unbranched alkanes of at least 4 members (excludes halogenated alkanes) is 1. The van der Waals surface area contributed by atoms with Crippen LogP contribution in [-0.4, -0.2) is 53.1 Å². The van der Waals surface area contributed by atoms with Gasteiger partial charge in [0.25, 0.3) is 0 Å². The Hall–Kier alpha value is -2.29. The van der Waals surface area contributed by atoms with Crippen LogP contribution in [0, 0.1) is 0 Å². The predicted octanol–water partition coefficient (Wildman–Crippen LogP) is 3.51. The van der Waals surface area contributed by atoms with Gasteiger partial charge in [0, 0.05) is 37.1 Å². The molecule has 4 rings (SSSR count). The van der Waals surface area contributed by atoms with E-state index in [0.717, 1.165) is 49.4 Å². The Kier molecular flexibility index (Phi) is 7.66. The Labute approximate surface area is 188 Å². The molecule has 3 aliphatic heterocycles. The second-order valence-electron chi connectivity index (χ2n) is 8.51. The van der Waals surface area contributed by atoms with E-state index in [0.29, 0.717) is 18.2 Å². The van der Waals surface area contributed by atoms with Crippen LogP contribution in [0.5, 0.6) is 0 Å². The van der Waals surface area contributed by atoms with Gasteiger partial charge in [0.05, 0.1) is 17.8 Å². The summed E-state index contributed by atoms with van der Waals surface area (Å²) in [5.74, 6) is 1.06. The summed E-state index contributed by atoms with van der Waals surface area (Å²) in [6, 6.07) is 8.33. The maximum absolute atomic E-state index is 12.2. The van der Waals surface area contributed by atoms with Crippen LogP contribution >= 0.6 is 11.8 Å². The van der Waals surface area contributed by atoms with Gasteiger partial charge in [0.2, 0.25) is 5.91 Å². The third kappa shape index (κ3) is 6.35. The molecule has 31 heavy (non-hydrogen) atoms. The lowest BCUT2D eigenvalue weighted by Gasteiger charge is -2.21. The number of hydrogen-bond donors (Lipinski definition) is 3. The summed E-state index contributed by atoms with van der Waals surface area (Å²) in [7, 11) is 0. The molecule has 9 heteroatoms. The van der Waals surface area contributed by atoms with E-state index in [1.165, 1.54) is 19.3 Å². The van der Waals surface area contributed by atoms with E-state index in [4.69, 9.17) is 0 Å². The molecule has 0 radical (unpaired) electrons. The fraction of sp³-hybridized carbons (Fsp3) is 0.636. The highest BCUT2D eigenvalue weighted by molar-refractivity contribution is 8.00. The number of fused-ring (bicyclic) bond motifs is 1. The molecule has 3 fully saturated rings. The Morgan fingerprint density at radius 2 is 1.94 bits per heavy atom. The van der Waals surface area contributed by atoms with Crippen LogP contribution in [0.4, 0.5) is 10.5 Å². The van der Waals surface area contributed by atoms with Crippen LogP contribution in [0.3, 0.4) is 0 Å². The molecule has 0 saturated carbocycles. The fourth-order valence-corrected chi connectivity index (χ4v) is 5.87. The van der Waals surface area contributed by atoms with E-state index in [1.54, 1.807) is 0 Å². The lowest BCUT2D eigenvalue weighted by Crippen LogP contribution is -2.36. The Morgan fingerprint density at radius 1 is 1.13 bits per heavy atom. The van der Waals surface area contributed by atoms with Crippen molar-refractivity contribution in [2.45, 2.75) is 68.8 Å². The van der Waals surface area contributed by atoms with Crippen LogP contribution in [0.1, 0.15) is 50.5 Å². The maximum atomic E-state index is 12.2. The normalized spacial score (nSPS) is 25.4. The predicted molar refractivity (Wildman–Crippen MR) is 122 cm³/mol. The molecule has 0 aliphatic carbocycles. The van der Waals surface area contributed by atoms with Crippen molar-refractivity contribution in [1.82, 2.24) is 21.0 Å². The van der Waals surface area contributed by atoms with Crippen LogP contribution in [-0.2, 0) is 11.3 Å². The van der Waals surface area contributed by atoms with E-state index >= 15 is 0 Å². The zero-order valence-corrected chi connectivity index (χ0v) is 18.7. The highest BCUT2D eigenvalue weighted by atomic mass is 32.2. The Balaban J connectivity index is 1.10. The number of benzene rings is 1. The number of amides is 3. The number of carbonyl (C=O) groups is 2. The highest BCUT2D eigenvalue weighted by Gasteiger charge is 2.42. The molecule has 0 spiro atoms. The van der Waals surface area contributed by atoms with Gasteiger partial charge in [0.15, 0.2) is 0 Å². The first-order valence-corrected chi connectivity index (χ1v) is 12.4. The first kappa shape index (κ1) is 21.9. The molecule has 168 valence electrons. The maximum Gasteiger partial charge on any atom is 0.315 e. The summed E-state index contributed by atoms with van der Waals surface area (Å²) in [5.41, 5.74) is 1.89. The molecule has 1 aromatic carbocycles. The first-order chi connectivity index (χ1) is 15.2. The molecule has 3 amide bonds. The van der Waals surface area contributed by atoms with Gasteiger partial charge >= 0.3 is 6.03 Å². The van der Waals surface area contributed by atoms with Crippen LogP contribution < -0.4 is 16.0 Å². The SMILES string of the molecule is O=C(CCCC[C@@H]1SC[C@@H]2NC(=O)N[C@@H]21)NCc1ccc(N=NN2CCCCC2)cc1. The number of piperidine rings is 1. The summed E-state index contributed by atoms with van der Waals surface area (Å²) in [4.78, 5) is 23.6. The van der Waals surface area contributed by atoms with Crippen molar-refractivity contribution in [2.75, 3.05) is 18.8 Å². The van der Waals surface area contributed by atoms with Crippen molar-refractivity contribution < 1.29 is 9.59 Å². The number of nitrogens with one attached hydrogen (secondary N) is 3. The van der Waals surface area contributed by atoms with E-state index in [1.807, 2.05) is 41.0 Å². The first-order valence-electron chi connectivity index (χ1n) is 11.4. The largest absolute Gasteiger partial charge is 0.352 e. The van der Waals surface area contributed by atoms with E-state index in [2.05, 4.69) is 26.3 Å². The van der Waals surface area contributed by atoms with Crippen LogP contribution in [0.2, 0.25) is 0 Å². The minimum absolute atomic E-state index is 0.0437. The average Bonchev–Trinajstić information content (AvgIpc) is 3.34. The van der Waals surface area contributed by atoms with E-state index in [9.17, 15) is 9.59 Å². The Bertz CT molecular complexity index is 781. The highest BCUT2D eigenvalue weighted by Crippen LogP contribution is 2.33. The topological polar surface area (TPSA) is 98.2 Å². The average molecular weight is 445 g/mol. The molecule has 3 atom stereocenters. The van der Waals surface area contributed by atoms with Crippen molar-refractivity contribution >= 4 is 29.4 Å². The van der Waals surface area contributed by atoms with Gasteiger partial charge in [-0.05, 0) is 49.8 Å². The van der Waals surface area contributed by atoms with Gasteiger partial charge in [0.1, 0.15) is 0 Å². The van der Waals surface area contributed by atoms with E-state index in [-0.39, 0.29) is 24.0 Å². The second-order valence-corrected chi connectivity index (χ2v) is 9.79. The summed E-state index contributed by atoms with van der Waals surface area (Å²) < 4.78 is 0. The quantitative estimate of drug-likeness (QED) is 0.308. The number of nitrogens with zero attached hydrogens (tertiary/aromatic N) is 3. The fourth-order valence-electron chi connectivity index (χ4n) is 4.33. The summed E-state index contributed by atoms with van der Waals surface area (Å²) in [5, 5.41) is 20.1. The van der Waals surface area contributed by atoms with Gasteiger partial charge in [-0.25, -0.2) is 4.79 Å². The molecular weight excluding hydrogens is 412 g/mol. The van der Waals surface area contributed by atoms with Gasteiger partial charge in [-0.3, -0.25) is 9.80 Å². The zero-order valence-electron chi connectivity index (χ0n) is 17.9. The number of carbonyl (C=O) groups excluding carboxylic acids is 2. The molecule has 0 unspecified atom stereocenters. The monoisotopic (exact) mass is 444 g/mol. The van der Waals surface area contributed by atoms with Gasteiger partial charge in [-0.15, -0.1) is 5.11 Å². The van der Waals surface area contributed by atoms with Crippen molar-refractivity contribution in [3.8, 4) is 0 Å². The van der Waals surface area contributed by atoms with Gasteiger partial charge < -0.3 is 16.0 Å². The molecule has 1 aromatic rings. The summed E-state index contributed by atoms with van der Waals surface area (Å²) in [6.45, 7) is 2.51. The lowest BCUT2D eigenvalue weighted by molar-refractivity contribution is -0.121. The van der Waals surface area contributed by atoms with E-state index < -0.39 is 0 Å². The molecule has 0 bridgehead atoms.